The first kappa shape index (κ1) is 13.7. The summed E-state index contributed by atoms with van der Waals surface area (Å²) < 4.78 is 5.27. The van der Waals surface area contributed by atoms with Crippen molar-refractivity contribution in [1.29, 1.82) is 5.26 Å². The minimum Gasteiger partial charge on any atom is -0.334 e. The second-order valence-corrected chi connectivity index (χ2v) is 5.26. The van der Waals surface area contributed by atoms with Crippen LogP contribution in [-0.2, 0) is 0 Å². The normalized spacial score (nSPS) is 16.8. The van der Waals surface area contributed by atoms with Crippen LogP contribution in [0.1, 0.15) is 30.3 Å². The van der Waals surface area contributed by atoms with Crippen LogP contribution in [0.5, 0.6) is 0 Å². The van der Waals surface area contributed by atoms with Crippen LogP contribution >= 0.6 is 0 Å². The first-order valence-electron chi connectivity index (χ1n) is 7.08. The van der Waals surface area contributed by atoms with E-state index in [1.807, 2.05) is 6.07 Å². The maximum Gasteiger partial charge on any atom is 0.258 e. The highest BCUT2D eigenvalue weighted by Gasteiger charge is 2.20. The third kappa shape index (κ3) is 3.10. The Morgan fingerprint density at radius 1 is 1.38 bits per heavy atom. The fourth-order valence-electron chi connectivity index (χ4n) is 2.55. The average molecular weight is 283 g/mol. The molecule has 21 heavy (non-hydrogen) atoms. The quantitative estimate of drug-likeness (QED) is 0.918. The highest BCUT2D eigenvalue weighted by Crippen LogP contribution is 2.20. The van der Waals surface area contributed by atoms with Crippen molar-refractivity contribution >= 4 is 0 Å². The predicted octanol–water partition coefficient (Wildman–Crippen LogP) is 1.70. The van der Waals surface area contributed by atoms with Crippen molar-refractivity contribution < 1.29 is 4.52 Å². The largest absolute Gasteiger partial charge is 0.334 e. The SMILES string of the molecule is N#Cc1cccc(-c2nc(C(N)CN3CCCC3)no2)c1. The Labute approximate surface area is 123 Å². The summed E-state index contributed by atoms with van der Waals surface area (Å²) in [6.07, 6.45) is 2.45. The van der Waals surface area contributed by atoms with Gasteiger partial charge in [-0.15, -0.1) is 0 Å². The molecule has 2 aromatic rings. The molecule has 1 aliphatic rings. The smallest absolute Gasteiger partial charge is 0.258 e. The van der Waals surface area contributed by atoms with Gasteiger partial charge in [-0.3, -0.25) is 0 Å². The van der Waals surface area contributed by atoms with Crippen LogP contribution in [0.3, 0.4) is 0 Å². The zero-order valence-corrected chi connectivity index (χ0v) is 11.7. The monoisotopic (exact) mass is 283 g/mol. The van der Waals surface area contributed by atoms with E-state index in [-0.39, 0.29) is 6.04 Å². The van der Waals surface area contributed by atoms with Crippen LogP contribution in [0, 0.1) is 11.3 Å². The lowest BCUT2D eigenvalue weighted by Gasteiger charge is -2.17. The van der Waals surface area contributed by atoms with Crippen molar-refractivity contribution in [2.24, 2.45) is 5.73 Å². The summed E-state index contributed by atoms with van der Waals surface area (Å²) in [4.78, 5) is 6.68. The number of nitrogens with zero attached hydrogens (tertiary/aromatic N) is 4. The molecule has 6 heteroatoms. The lowest BCUT2D eigenvalue weighted by Crippen LogP contribution is -2.30. The van der Waals surface area contributed by atoms with E-state index in [0.717, 1.165) is 25.2 Å². The van der Waals surface area contributed by atoms with E-state index in [9.17, 15) is 0 Å². The van der Waals surface area contributed by atoms with Gasteiger partial charge in [-0.05, 0) is 44.1 Å². The molecule has 1 saturated heterocycles. The van der Waals surface area contributed by atoms with Crippen LogP contribution in [0.4, 0.5) is 0 Å². The van der Waals surface area contributed by atoms with E-state index in [1.165, 1.54) is 12.8 Å². The molecular weight excluding hydrogens is 266 g/mol. The van der Waals surface area contributed by atoms with Gasteiger partial charge in [0.1, 0.15) is 0 Å². The van der Waals surface area contributed by atoms with Crippen molar-refractivity contribution in [1.82, 2.24) is 15.0 Å². The Balaban J connectivity index is 1.74. The number of benzene rings is 1. The van der Waals surface area contributed by atoms with Gasteiger partial charge >= 0.3 is 0 Å². The number of hydrogen-bond acceptors (Lipinski definition) is 6. The molecule has 0 bridgehead atoms. The first-order chi connectivity index (χ1) is 10.3. The Bertz CT molecular complexity index is 654. The Morgan fingerprint density at radius 3 is 2.95 bits per heavy atom. The van der Waals surface area contributed by atoms with Gasteiger partial charge < -0.3 is 15.2 Å². The predicted molar refractivity (Wildman–Crippen MR) is 77.1 cm³/mol. The molecule has 108 valence electrons. The molecule has 1 aromatic heterocycles. The Kier molecular flexibility index (Phi) is 3.95. The Hall–Kier alpha value is -2.23. The number of hydrogen-bond donors (Lipinski definition) is 1. The number of nitriles is 1. The summed E-state index contributed by atoms with van der Waals surface area (Å²) in [7, 11) is 0. The fourth-order valence-corrected chi connectivity index (χ4v) is 2.55. The molecule has 1 aromatic carbocycles. The van der Waals surface area contributed by atoms with Gasteiger partial charge in [0.15, 0.2) is 5.82 Å². The molecule has 2 N–H and O–H groups in total. The van der Waals surface area contributed by atoms with Crippen molar-refractivity contribution in [2.45, 2.75) is 18.9 Å². The van der Waals surface area contributed by atoms with Crippen LogP contribution in [0.2, 0.25) is 0 Å². The summed E-state index contributed by atoms with van der Waals surface area (Å²) >= 11 is 0. The summed E-state index contributed by atoms with van der Waals surface area (Å²) in [5.41, 5.74) is 7.44. The fraction of sp³-hybridized carbons (Fsp3) is 0.400. The van der Waals surface area contributed by atoms with Crippen molar-refractivity contribution in [3.8, 4) is 17.5 Å². The van der Waals surface area contributed by atoms with E-state index < -0.39 is 0 Å². The van der Waals surface area contributed by atoms with Gasteiger partial charge in [-0.25, -0.2) is 0 Å². The molecule has 0 spiro atoms. The summed E-state index contributed by atoms with van der Waals surface area (Å²) in [6.45, 7) is 2.92. The van der Waals surface area contributed by atoms with Crippen LogP contribution < -0.4 is 5.73 Å². The highest BCUT2D eigenvalue weighted by molar-refractivity contribution is 5.55. The van der Waals surface area contributed by atoms with Gasteiger partial charge in [0.2, 0.25) is 0 Å². The minimum absolute atomic E-state index is 0.250. The molecule has 1 atom stereocenters. The number of rotatable bonds is 4. The molecule has 0 amide bonds. The molecule has 1 unspecified atom stereocenters. The molecule has 1 aliphatic heterocycles. The summed E-state index contributed by atoms with van der Waals surface area (Å²) in [5.74, 6) is 0.915. The summed E-state index contributed by atoms with van der Waals surface area (Å²) in [6, 6.07) is 8.94. The van der Waals surface area contributed by atoms with Crippen LogP contribution in [0.15, 0.2) is 28.8 Å². The molecule has 0 aliphatic carbocycles. The minimum atomic E-state index is -0.250. The maximum absolute atomic E-state index is 8.92. The Morgan fingerprint density at radius 2 is 2.19 bits per heavy atom. The summed E-state index contributed by atoms with van der Waals surface area (Å²) in [5, 5.41) is 12.9. The van der Waals surface area contributed by atoms with Gasteiger partial charge in [0.05, 0.1) is 17.7 Å². The second kappa shape index (κ2) is 6.04. The van der Waals surface area contributed by atoms with Crippen LogP contribution in [0.25, 0.3) is 11.5 Å². The standard InChI is InChI=1S/C15H17N5O/c16-9-11-4-3-5-12(8-11)15-18-14(19-21-15)13(17)10-20-6-1-2-7-20/h3-5,8,13H,1-2,6-7,10,17H2. The van der Waals surface area contributed by atoms with E-state index in [0.29, 0.717) is 17.3 Å². The molecule has 0 saturated carbocycles. The third-order valence-corrected chi connectivity index (χ3v) is 3.67. The average Bonchev–Trinajstić information content (AvgIpc) is 3.18. The number of likely N-dealkylation sites (tertiary alicyclic amines) is 1. The first-order valence-corrected chi connectivity index (χ1v) is 7.08. The zero-order valence-electron chi connectivity index (χ0n) is 11.7. The number of nitrogens with two attached hydrogens (primary N) is 1. The highest BCUT2D eigenvalue weighted by atomic mass is 16.5. The lowest BCUT2D eigenvalue weighted by atomic mass is 10.1. The van der Waals surface area contributed by atoms with Crippen molar-refractivity contribution in [3.05, 3.63) is 35.7 Å². The number of aromatic nitrogens is 2. The van der Waals surface area contributed by atoms with Gasteiger partial charge in [0, 0.05) is 12.1 Å². The van der Waals surface area contributed by atoms with E-state index in [4.69, 9.17) is 15.5 Å². The molecular formula is C15H17N5O. The molecule has 0 radical (unpaired) electrons. The molecule has 3 rings (SSSR count). The lowest BCUT2D eigenvalue weighted by molar-refractivity contribution is 0.306. The van der Waals surface area contributed by atoms with E-state index in [1.54, 1.807) is 18.2 Å². The maximum atomic E-state index is 8.92. The van der Waals surface area contributed by atoms with E-state index >= 15 is 0 Å². The molecule has 1 fully saturated rings. The third-order valence-electron chi connectivity index (χ3n) is 3.67. The molecule has 6 nitrogen and oxygen atoms in total. The van der Waals surface area contributed by atoms with Crippen molar-refractivity contribution in [2.75, 3.05) is 19.6 Å². The van der Waals surface area contributed by atoms with Gasteiger partial charge in [-0.1, -0.05) is 11.2 Å². The van der Waals surface area contributed by atoms with Crippen molar-refractivity contribution in [3.63, 3.8) is 0 Å². The molecule has 2 heterocycles. The zero-order chi connectivity index (χ0) is 14.7. The second-order valence-electron chi connectivity index (χ2n) is 5.26. The van der Waals surface area contributed by atoms with Gasteiger partial charge in [0.25, 0.3) is 5.89 Å². The topological polar surface area (TPSA) is 92.0 Å². The van der Waals surface area contributed by atoms with E-state index in [2.05, 4.69) is 21.1 Å². The van der Waals surface area contributed by atoms with Crippen LogP contribution in [-0.4, -0.2) is 34.7 Å². The van der Waals surface area contributed by atoms with Gasteiger partial charge in [-0.2, -0.15) is 10.2 Å².